The third-order valence-corrected chi connectivity index (χ3v) is 4.91. The van der Waals surface area contributed by atoms with Crippen molar-refractivity contribution in [3.05, 3.63) is 17.7 Å². The maximum absolute atomic E-state index is 12.3. The van der Waals surface area contributed by atoms with Gasteiger partial charge in [0.2, 0.25) is 5.91 Å². The van der Waals surface area contributed by atoms with Crippen LogP contribution >= 0.6 is 0 Å². The third kappa shape index (κ3) is 5.26. The van der Waals surface area contributed by atoms with Crippen molar-refractivity contribution in [1.29, 1.82) is 0 Å². The van der Waals surface area contributed by atoms with Gasteiger partial charge in [-0.15, -0.1) is 0 Å². The van der Waals surface area contributed by atoms with Crippen molar-refractivity contribution in [2.75, 3.05) is 34.4 Å². The quantitative estimate of drug-likeness (QED) is 0.753. The lowest BCUT2D eigenvalue weighted by Gasteiger charge is -2.28. The van der Waals surface area contributed by atoms with Gasteiger partial charge in [-0.25, -0.2) is 0 Å². The van der Waals surface area contributed by atoms with Crippen LogP contribution in [0, 0.1) is 11.8 Å². The van der Waals surface area contributed by atoms with E-state index in [0.717, 1.165) is 18.7 Å². The summed E-state index contributed by atoms with van der Waals surface area (Å²) in [4.78, 5) is 12.3. The van der Waals surface area contributed by atoms with Crippen molar-refractivity contribution in [3.8, 4) is 17.2 Å². The summed E-state index contributed by atoms with van der Waals surface area (Å²) in [6, 6.07) is 3.61. The summed E-state index contributed by atoms with van der Waals surface area (Å²) in [5.41, 5.74) is 0.862. The lowest BCUT2D eigenvalue weighted by Crippen LogP contribution is -2.35. The topological polar surface area (TPSA) is 68.8 Å². The molecule has 1 heterocycles. The molecule has 1 aliphatic heterocycles. The lowest BCUT2D eigenvalue weighted by molar-refractivity contribution is -0.122. The Balaban J connectivity index is 1.94. The Kier molecular flexibility index (Phi) is 7.37. The van der Waals surface area contributed by atoms with E-state index in [1.165, 1.54) is 12.8 Å². The number of hydrogen-bond acceptors (Lipinski definition) is 5. The first kappa shape index (κ1) is 19.4. The van der Waals surface area contributed by atoms with E-state index in [1.54, 1.807) is 27.4 Å². The smallest absolute Gasteiger partial charge is 0.220 e. The molecule has 140 valence electrons. The van der Waals surface area contributed by atoms with Gasteiger partial charge in [0.25, 0.3) is 0 Å². The minimum atomic E-state index is 0.0647. The van der Waals surface area contributed by atoms with Crippen LogP contribution in [0.3, 0.4) is 0 Å². The molecule has 1 aromatic carbocycles. The fraction of sp³-hybridized carbons (Fsp3) is 0.632. The first-order chi connectivity index (χ1) is 12.1. The first-order valence-electron chi connectivity index (χ1n) is 8.85. The number of benzene rings is 1. The molecule has 1 saturated heterocycles. The van der Waals surface area contributed by atoms with E-state index in [1.807, 2.05) is 6.07 Å². The molecule has 25 heavy (non-hydrogen) atoms. The molecule has 1 fully saturated rings. The summed E-state index contributed by atoms with van der Waals surface area (Å²) >= 11 is 0. The SMILES string of the molecule is COc1cc(OC)c(OC)cc1CNC(=O)CC(C)C1CCCNC1. The van der Waals surface area contributed by atoms with E-state index in [2.05, 4.69) is 17.6 Å². The second kappa shape index (κ2) is 9.51. The van der Waals surface area contributed by atoms with Gasteiger partial charge in [0.05, 0.1) is 21.3 Å². The predicted molar refractivity (Wildman–Crippen MR) is 97.3 cm³/mol. The lowest BCUT2D eigenvalue weighted by atomic mass is 9.85. The molecular weight excluding hydrogens is 320 g/mol. The third-order valence-electron chi connectivity index (χ3n) is 4.91. The molecule has 0 aromatic heterocycles. The Morgan fingerprint density at radius 1 is 1.20 bits per heavy atom. The molecule has 0 radical (unpaired) electrons. The summed E-state index contributed by atoms with van der Waals surface area (Å²) in [7, 11) is 4.78. The molecule has 6 heteroatoms. The average molecular weight is 350 g/mol. The van der Waals surface area contributed by atoms with Gasteiger partial charge in [-0.05, 0) is 43.8 Å². The zero-order chi connectivity index (χ0) is 18.2. The minimum Gasteiger partial charge on any atom is -0.496 e. The summed E-state index contributed by atoms with van der Waals surface area (Å²) in [6.45, 7) is 4.67. The number of piperidine rings is 1. The van der Waals surface area contributed by atoms with Crippen molar-refractivity contribution in [2.45, 2.75) is 32.7 Å². The van der Waals surface area contributed by atoms with Gasteiger partial charge < -0.3 is 24.8 Å². The normalized spacial score (nSPS) is 18.3. The highest BCUT2D eigenvalue weighted by atomic mass is 16.5. The van der Waals surface area contributed by atoms with E-state index >= 15 is 0 Å². The van der Waals surface area contributed by atoms with E-state index in [-0.39, 0.29) is 5.91 Å². The van der Waals surface area contributed by atoms with Crippen LogP contribution in [0.5, 0.6) is 17.2 Å². The van der Waals surface area contributed by atoms with Gasteiger partial charge in [0, 0.05) is 24.6 Å². The highest BCUT2D eigenvalue weighted by molar-refractivity contribution is 5.76. The van der Waals surface area contributed by atoms with Gasteiger partial charge in [-0.3, -0.25) is 4.79 Å². The van der Waals surface area contributed by atoms with Crippen molar-refractivity contribution in [3.63, 3.8) is 0 Å². The van der Waals surface area contributed by atoms with Crippen LogP contribution in [0.4, 0.5) is 0 Å². The second-order valence-corrected chi connectivity index (χ2v) is 6.58. The van der Waals surface area contributed by atoms with Crippen molar-refractivity contribution < 1.29 is 19.0 Å². The van der Waals surface area contributed by atoms with Crippen LogP contribution in [0.15, 0.2) is 12.1 Å². The van der Waals surface area contributed by atoms with E-state index in [4.69, 9.17) is 14.2 Å². The Hall–Kier alpha value is -1.95. The Bertz CT molecular complexity index is 571. The average Bonchev–Trinajstić information content (AvgIpc) is 2.66. The van der Waals surface area contributed by atoms with Crippen LogP contribution in [0.25, 0.3) is 0 Å². The highest BCUT2D eigenvalue weighted by Crippen LogP contribution is 2.34. The second-order valence-electron chi connectivity index (χ2n) is 6.58. The predicted octanol–water partition coefficient (Wildman–Crippen LogP) is 2.35. The summed E-state index contributed by atoms with van der Waals surface area (Å²) < 4.78 is 16.0. The molecule has 0 aliphatic carbocycles. The molecule has 0 spiro atoms. The largest absolute Gasteiger partial charge is 0.496 e. The summed E-state index contributed by atoms with van der Waals surface area (Å²) in [5.74, 6) is 2.91. The molecule has 2 atom stereocenters. The fourth-order valence-electron chi connectivity index (χ4n) is 3.32. The number of amides is 1. The van der Waals surface area contributed by atoms with Gasteiger partial charge >= 0.3 is 0 Å². The fourth-order valence-corrected chi connectivity index (χ4v) is 3.32. The molecule has 1 amide bonds. The molecule has 6 nitrogen and oxygen atoms in total. The monoisotopic (exact) mass is 350 g/mol. The van der Waals surface area contributed by atoms with Crippen LogP contribution in [-0.2, 0) is 11.3 Å². The van der Waals surface area contributed by atoms with Gasteiger partial charge in [-0.1, -0.05) is 6.92 Å². The van der Waals surface area contributed by atoms with Gasteiger partial charge in [0.15, 0.2) is 11.5 Å². The molecular formula is C19H30N2O4. The van der Waals surface area contributed by atoms with Crippen LogP contribution in [-0.4, -0.2) is 40.3 Å². The number of methoxy groups -OCH3 is 3. The summed E-state index contributed by atoms with van der Waals surface area (Å²) in [6.07, 6.45) is 2.94. The Morgan fingerprint density at radius 2 is 1.88 bits per heavy atom. The Morgan fingerprint density at radius 3 is 2.48 bits per heavy atom. The summed E-state index contributed by atoms with van der Waals surface area (Å²) in [5, 5.41) is 6.41. The zero-order valence-electron chi connectivity index (χ0n) is 15.7. The van der Waals surface area contributed by atoms with Crippen molar-refractivity contribution in [2.24, 2.45) is 11.8 Å². The molecule has 1 aromatic rings. The zero-order valence-corrected chi connectivity index (χ0v) is 15.7. The first-order valence-corrected chi connectivity index (χ1v) is 8.85. The number of carbonyl (C=O) groups excluding carboxylic acids is 1. The number of carbonyl (C=O) groups is 1. The molecule has 0 bridgehead atoms. The molecule has 1 aliphatic rings. The van der Waals surface area contributed by atoms with E-state index in [0.29, 0.717) is 42.0 Å². The highest BCUT2D eigenvalue weighted by Gasteiger charge is 2.22. The van der Waals surface area contributed by atoms with Crippen LogP contribution in [0.2, 0.25) is 0 Å². The van der Waals surface area contributed by atoms with Crippen molar-refractivity contribution >= 4 is 5.91 Å². The number of ether oxygens (including phenoxy) is 3. The standard InChI is InChI=1S/C19H30N2O4/c1-13(14-6-5-7-20-11-14)8-19(22)21-12-15-9-17(24-3)18(25-4)10-16(15)23-2/h9-10,13-14,20H,5-8,11-12H2,1-4H3,(H,21,22). The van der Waals surface area contributed by atoms with Crippen molar-refractivity contribution in [1.82, 2.24) is 10.6 Å². The number of nitrogens with one attached hydrogen (secondary N) is 2. The molecule has 2 rings (SSSR count). The maximum atomic E-state index is 12.3. The molecule has 2 N–H and O–H groups in total. The van der Waals surface area contributed by atoms with Crippen LogP contribution in [0.1, 0.15) is 31.7 Å². The van der Waals surface area contributed by atoms with E-state index in [9.17, 15) is 4.79 Å². The maximum Gasteiger partial charge on any atom is 0.220 e. The molecule has 2 unspecified atom stereocenters. The van der Waals surface area contributed by atoms with Gasteiger partial charge in [-0.2, -0.15) is 0 Å². The minimum absolute atomic E-state index is 0.0647. The van der Waals surface area contributed by atoms with E-state index < -0.39 is 0 Å². The van der Waals surface area contributed by atoms with Crippen LogP contribution < -0.4 is 24.8 Å². The molecule has 0 saturated carbocycles. The number of rotatable bonds is 8. The Labute approximate surface area is 150 Å². The number of hydrogen-bond donors (Lipinski definition) is 2. The van der Waals surface area contributed by atoms with Gasteiger partial charge in [0.1, 0.15) is 5.75 Å².